The van der Waals surface area contributed by atoms with Gasteiger partial charge in [0.2, 0.25) is 0 Å². The first-order valence-electron chi connectivity index (χ1n) is 7.58. The van der Waals surface area contributed by atoms with E-state index in [-0.39, 0.29) is 0 Å². The van der Waals surface area contributed by atoms with Crippen LogP contribution in [-0.2, 0) is 4.79 Å². The Morgan fingerprint density at radius 2 is 1.83 bits per heavy atom. The molecule has 0 heterocycles. The predicted octanol–water partition coefficient (Wildman–Crippen LogP) is 4.36. The molecule has 1 saturated carbocycles. The monoisotopic (exact) mass is 310 g/mol. The van der Waals surface area contributed by atoms with Gasteiger partial charge in [-0.15, -0.1) is 0 Å². The van der Waals surface area contributed by atoms with Gasteiger partial charge in [-0.25, -0.2) is 4.79 Å². The molecule has 3 rings (SSSR count). The van der Waals surface area contributed by atoms with E-state index in [1.807, 2.05) is 30.3 Å². The Labute approximate surface area is 135 Å². The van der Waals surface area contributed by atoms with E-state index in [2.05, 4.69) is 6.58 Å². The van der Waals surface area contributed by atoms with Crippen molar-refractivity contribution in [2.75, 3.05) is 6.61 Å². The maximum absolute atomic E-state index is 11.4. The number of carbonyl (C=O) groups is 1. The van der Waals surface area contributed by atoms with Gasteiger partial charge in [-0.3, -0.25) is 0 Å². The van der Waals surface area contributed by atoms with Crippen molar-refractivity contribution < 1.29 is 19.0 Å². The minimum Gasteiger partial charge on any atom is -0.493 e. The molecule has 0 atom stereocenters. The molecule has 23 heavy (non-hydrogen) atoms. The standard InChI is InChI=1S/C19H18O4/c1-2-19(20)23-18-9-4-3-8-17(18)22-16-7-5-6-15(12-16)21-13-14-10-11-14/h2-9,12,14H,1,10-11,13H2. The molecule has 0 bridgehead atoms. The summed E-state index contributed by atoms with van der Waals surface area (Å²) in [6.07, 6.45) is 3.61. The van der Waals surface area contributed by atoms with Crippen molar-refractivity contribution in [1.29, 1.82) is 0 Å². The fourth-order valence-electron chi connectivity index (χ4n) is 2.02. The lowest BCUT2D eigenvalue weighted by Crippen LogP contribution is -2.04. The normalized spacial score (nSPS) is 13.2. The average molecular weight is 310 g/mol. The molecule has 118 valence electrons. The molecule has 0 unspecified atom stereocenters. The molecule has 0 aromatic heterocycles. The molecule has 0 amide bonds. The highest BCUT2D eigenvalue weighted by Gasteiger charge is 2.21. The third-order valence-electron chi connectivity index (χ3n) is 3.44. The SMILES string of the molecule is C=CC(=O)Oc1ccccc1Oc1cccc(OCC2CC2)c1. The van der Waals surface area contributed by atoms with Crippen molar-refractivity contribution in [3.8, 4) is 23.0 Å². The van der Waals surface area contributed by atoms with Crippen LogP contribution in [0.25, 0.3) is 0 Å². The van der Waals surface area contributed by atoms with Gasteiger partial charge >= 0.3 is 5.97 Å². The van der Waals surface area contributed by atoms with Crippen LogP contribution in [0, 0.1) is 5.92 Å². The van der Waals surface area contributed by atoms with Crippen molar-refractivity contribution in [2.45, 2.75) is 12.8 Å². The highest BCUT2D eigenvalue weighted by atomic mass is 16.6. The minimum atomic E-state index is -0.525. The number of para-hydroxylation sites is 2. The number of hydrogen-bond acceptors (Lipinski definition) is 4. The fraction of sp³-hybridized carbons (Fsp3) is 0.211. The number of rotatable bonds is 7. The largest absolute Gasteiger partial charge is 0.493 e. The topological polar surface area (TPSA) is 44.8 Å². The van der Waals surface area contributed by atoms with Gasteiger partial charge in [0.1, 0.15) is 11.5 Å². The molecule has 0 radical (unpaired) electrons. The number of ether oxygens (including phenoxy) is 3. The molecule has 2 aromatic rings. The molecule has 1 fully saturated rings. The second kappa shape index (κ2) is 7.01. The number of hydrogen-bond donors (Lipinski definition) is 0. The first kappa shape index (κ1) is 15.2. The van der Waals surface area contributed by atoms with Gasteiger partial charge in [0.15, 0.2) is 11.5 Å². The van der Waals surface area contributed by atoms with Crippen molar-refractivity contribution in [3.63, 3.8) is 0 Å². The summed E-state index contributed by atoms with van der Waals surface area (Å²) in [7, 11) is 0. The first-order chi connectivity index (χ1) is 11.2. The fourth-order valence-corrected chi connectivity index (χ4v) is 2.02. The molecule has 1 aliphatic carbocycles. The second-order valence-electron chi connectivity index (χ2n) is 5.40. The number of benzene rings is 2. The van der Waals surface area contributed by atoms with E-state index >= 15 is 0 Å². The zero-order chi connectivity index (χ0) is 16.1. The first-order valence-corrected chi connectivity index (χ1v) is 7.58. The zero-order valence-electron chi connectivity index (χ0n) is 12.7. The summed E-state index contributed by atoms with van der Waals surface area (Å²) in [5, 5.41) is 0. The molecule has 2 aromatic carbocycles. The van der Waals surface area contributed by atoms with Crippen LogP contribution in [0.15, 0.2) is 61.2 Å². The van der Waals surface area contributed by atoms with Crippen molar-refractivity contribution in [3.05, 3.63) is 61.2 Å². The molecule has 0 spiro atoms. The highest BCUT2D eigenvalue weighted by Crippen LogP contribution is 2.34. The summed E-state index contributed by atoms with van der Waals surface area (Å²) < 4.78 is 16.7. The van der Waals surface area contributed by atoms with Crippen LogP contribution in [0.1, 0.15) is 12.8 Å². The van der Waals surface area contributed by atoms with Crippen LogP contribution in [0.4, 0.5) is 0 Å². The van der Waals surface area contributed by atoms with E-state index in [0.717, 1.165) is 18.4 Å². The van der Waals surface area contributed by atoms with Crippen LogP contribution >= 0.6 is 0 Å². The zero-order valence-corrected chi connectivity index (χ0v) is 12.7. The Hall–Kier alpha value is -2.75. The molecule has 4 heteroatoms. The van der Waals surface area contributed by atoms with Gasteiger partial charge in [0.05, 0.1) is 6.61 Å². The summed E-state index contributed by atoms with van der Waals surface area (Å²) in [6.45, 7) is 4.14. The molecule has 0 saturated heterocycles. The lowest BCUT2D eigenvalue weighted by molar-refractivity contribution is -0.129. The number of carbonyl (C=O) groups excluding carboxylic acids is 1. The molecular formula is C19H18O4. The molecular weight excluding hydrogens is 292 g/mol. The lowest BCUT2D eigenvalue weighted by Gasteiger charge is -2.11. The Balaban J connectivity index is 1.72. The summed E-state index contributed by atoms with van der Waals surface area (Å²) in [5.74, 6) is 2.38. The van der Waals surface area contributed by atoms with Gasteiger partial charge in [0.25, 0.3) is 0 Å². The van der Waals surface area contributed by atoms with Crippen LogP contribution in [0.2, 0.25) is 0 Å². The molecule has 0 aliphatic heterocycles. The Bertz CT molecular complexity index is 704. The van der Waals surface area contributed by atoms with E-state index in [0.29, 0.717) is 23.2 Å². The second-order valence-corrected chi connectivity index (χ2v) is 5.40. The average Bonchev–Trinajstić information content (AvgIpc) is 3.39. The lowest BCUT2D eigenvalue weighted by atomic mass is 10.3. The summed E-state index contributed by atoms with van der Waals surface area (Å²) >= 11 is 0. The summed E-state index contributed by atoms with van der Waals surface area (Å²) in [4.78, 5) is 11.4. The van der Waals surface area contributed by atoms with Gasteiger partial charge in [-0.1, -0.05) is 24.8 Å². The number of esters is 1. The van der Waals surface area contributed by atoms with Gasteiger partial charge in [-0.2, -0.15) is 0 Å². The van der Waals surface area contributed by atoms with E-state index in [4.69, 9.17) is 14.2 Å². The van der Waals surface area contributed by atoms with E-state index in [1.54, 1.807) is 18.2 Å². The summed E-state index contributed by atoms with van der Waals surface area (Å²) in [6, 6.07) is 14.4. The van der Waals surface area contributed by atoms with Gasteiger partial charge in [0, 0.05) is 12.1 Å². The Kier molecular flexibility index (Phi) is 4.62. The molecule has 1 aliphatic rings. The maximum Gasteiger partial charge on any atom is 0.335 e. The van der Waals surface area contributed by atoms with E-state index in [9.17, 15) is 4.79 Å². The Morgan fingerprint density at radius 3 is 2.57 bits per heavy atom. The van der Waals surface area contributed by atoms with Crippen LogP contribution in [-0.4, -0.2) is 12.6 Å². The van der Waals surface area contributed by atoms with E-state index in [1.165, 1.54) is 12.8 Å². The van der Waals surface area contributed by atoms with Crippen molar-refractivity contribution in [1.82, 2.24) is 0 Å². The summed E-state index contributed by atoms with van der Waals surface area (Å²) in [5.41, 5.74) is 0. The quantitative estimate of drug-likeness (QED) is 0.433. The van der Waals surface area contributed by atoms with Crippen LogP contribution in [0.3, 0.4) is 0 Å². The molecule has 0 N–H and O–H groups in total. The third kappa shape index (κ3) is 4.36. The maximum atomic E-state index is 11.4. The highest BCUT2D eigenvalue weighted by molar-refractivity contribution is 5.83. The van der Waals surface area contributed by atoms with Gasteiger partial charge in [-0.05, 0) is 43.0 Å². The van der Waals surface area contributed by atoms with Crippen molar-refractivity contribution in [2.24, 2.45) is 5.92 Å². The Morgan fingerprint density at radius 1 is 1.09 bits per heavy atom. The minimum absolute atomic E-state index is 0.349. The smallest absolute Gasteiger partial charge is 0.335 e. The third-order valence-corrected chi connectivity index (χ3v) is 3.44. The van der Waals surface area contributed by atoms with Crippen LogP contribution in [0.5, 0.6) is 23.0 Å². The van der Waals surface area contributed by atoms with E-state index < -0.39 is 5.97 Å². The van der Waals surface area contributed by atoms with Crippen LogP contribution < -0.4 is 14.2 Å². The molecule has 4 nitrogen and oxygen atoms in total. The van der Waals surface area contributed by atoms with Crippen molar-refractivity contribution >= 4 is 5.97 Å². The predicted molar refractivity (Wildman–Crippen MR) is 87.0 cm³/mol. The van der Waals surface area contributed by atoms with Gasteiger partial charge < -0.3 is 14.2 Å².